The van der Waals surface area contributed by atoms with Gasteiger partial charge in [-0.1, -0.05) is 10.2 Å². The Morgan fingerprint density at radius 2 is 0.778 bits per heavy atom. The third-order valence-corrected chi connectivity index (χ3v) is 9.50. The molecular weight excluding hydrogens is 961 g/mol. The summed E-state index contributed by atoms with van der Waals surface area (Å²) in [5.74, 6) is -6.11. The molecule has 4 amide bonds. The molecule has 0 aromatic carbocycles. The molecule has 32 heteroatoms. The van der Waals surface area contributed by atoms with Crippen molar-refractivity contribution in [2.75, 3.05) is 65.9 Å². The van der Waals surface area contributed by atoms with Crippen molar-refractivity contribution < 1.29 is 79.8 Å². The van der Waals surface area contributed by atoms with Gasteiger partial charge in [0.15, 0.2) is 11.1 Å². The molecule has 0 heterocycles. The van der Waals surface area contributed by atoms with Crippen molar-refractivity contribution in [2.45, 2.75) is 112 Å². The highest BCUT2D eigenvalue weighted by Crippen LogP contribution is 2.24. The maximum Gasteiger partial charge on any atom is 0.415 e. The first-order chi connectivity index (χ1) is 33.4. The Hall–Kier alpha value is -7.76. The largest absolute Gasteiger partial charge is 0.481 e. The molecule has 396 valence electrons. The summed E-state index contributed by atoms with van der Waals surface area (Å²) in [6, 6.07) is 6.85. The second kappa shape index (κ2) is 31.5. The Labute approximate surface area is 412 Å². The number of carbonyl (C=O) groups is 6. The standard InChI is InChI=1S/C16H26N6O8.C12H18N6O4.C12H16N4O4/c1-13(4-17,11(29)19-15(5-23,6-24)7-25)21-22-14(2,18-3)12(30)20-16(8-26,9-27)10-28;1-11(8-13,9(21)15-4-6-19)17-18-12(2,14-3)10(22)16-5-7-20;1-11(7-13,5-3-9(17)18)15-16-12(2,8-14)6-4-10(19)20/h23-28H,5-10H2,1-2H3,(H,19,29)(H,20,30);19-20H,4-7H2,1-2H3,(H,15,21)(H,16,22);3-6H2,1-2H3,(H,17,18)(H,19,20). The topological polar surface area (TPSA) is 531 Å². The second-order valence-electron chi connectivity index (χ2n) is 16.2. The number of carboxylic acid groups (broad SMARTS) is 2. The van der Waals surface area contributed by atoms with Crippen molar-refractivity contribution in [2.24, 2.45) is 30.7 Å². The van der Waals surface area contributed by atoms with Crippen LogP contribution < -0.4 is 21.3 Å². The Morgan fingerprint density at radius 3 is 1.06 bits per heavy atom. The molecule has 0 aromatic rings. The van der Waals surface area contributed by atoms with E-state index >= 15 is 0 Å². The van der Waals surface area contributed by atoms with Crippen LogP contribution >= 0.6 is 0 Å². The van der Waals surface area contributed by atoms with Crippen LogP contribution in [-0.4, -0.2) is 197 Å². The fourth-order valence-electron chi connectivity index (χ4n) is 3.98. The van der Waals surface area contributed by atoms with Gasteiger partial charge >= 0.3 is 35.1 Å². The molecule has 0 spiro atoms. The van der Waals surface area contributed by atoms with E-state index in [1.807, 2.05) is 12.1 Å². The molecule has 0 rings (SSSR count). The SMILES string of the molecule is CC(C#N)(CCC(=O)O)N=NC(C)(C#N)CCC(=O)O.[C-]#[N+]C(C)(N=NC(C)(C#N)C(=O)NC(CO)(CO)CO)C(=O)NC(CO)(CO)CO.[C-]#[N+]C(C)(N=NC(C)(C#N)C(=O)NCCO)C(=O)NCCO. The van der Waals surface area contributed by atoms with E-state index in [0.29, 0.717) is 0 Å². The van der Waals surface area contributed by atoms with E-state index < -0.39 is 120 Å². The van der Waals surface area contributed by atoms with Gasteiger partial charge in [0.2, 0.25) is 11.1 Å². The number of nitriles is 4. The number of hydrogen-bond donors (Lipinski definition) is 14. The number of aliphatic hydroxyl groups excluding tert-OH is 8. The van der Waals surface area contributed by atoms with Crippen LogP contribution in [0, 0.1) is 58.5 Å². The molecule has 0 bridgehead atoms. The normalized spacial score (nSPS) is 16.2. The van der Waals surface area contributed by atoms with E-state index in [4.69, 9.17) is 49.4 Å². The lowest BCUT2D eigenvalue weighted by molar-refractivity contribution is -0.138. The molecule has 14 N–H and O–H groups in total. The molecule has 0 radical (unpaired) electrons. The highest BCUT2D eigenvalue weighted by molar-refractivity contribution is 5.91. The van der Waals surface area contributed by atoms with E-state index in [1.54, 1.807) is 6.07 Å². The predicted molar refractivity (Wildman–Crippen MR) is 239 cm³/mol. The van der Waals surface area contributed by atoms with Crippen molar-refractivity contribution in [3.05, 3.63) is 22.8 Å². The van der Waals surface area contributed by atoms with Crippen molar-refractivity contribution in [3.63, 3.8) is 0 Å². The van der Waals surface area contributed by atoms with Gasteiger partial charge in [0.25, 0.3) is 11.8 Å². The number of carbonyl (C=O) groups excluding carboxylic acids is 4. The summed E-state index contributed by atoms with van der Waals surface area (Å²) in [7, 11) is 0. The molecule has 0 saturated carbocycles. The summed E-state index contributed by atoms with van der Waals surface area (Å²) in [6.07, 6.45) is -0.575. The van der Waals surface area contributed by atoms with Crippen LogP contribution in [0.15, 0.2) is 30.7 Å². The van der Waals surface area contributed by atoms with E-state index in [2.05, 4.69) is 61.6 Å². The van der Waals surface area contributed by atoms with Crippen LogP contribution in [0.4, 0.5) is 0 Å². The lowest BCUT2D eigenvalue weighted by Crippen LogP contribution is -2.61. The first-order valence-corrected chi connectivity index (χ1v) is 20.7. The fourth-order valence-corrected chi connectivity index (χ4v) is 3.98. The van der Waals surface area contributed by atoms with Gasteiger partial charge in [0, 0.05) is 39.8 Å². The summed E-state index contributed by atoms with van der Waals surface area (Å²) >= 11 is 0. The highest BCUT2D eigenvalue weighted by atomic mass is 16.4. The Balaban J connectivity index is -0.00000102. The van der Waals surface area contributed by atoms with Gasteiger partial charge in [-0.3, -0.25) is 38.5 Å². The summed E-state index contributed by atoms with van der Waals surface area (Å²) in [5, 5.41) is 157. The molecule has 0 aliphatic heterocycles. The lowest BCUT2D eigenvalue weighted by atomic mass is 9.97. The van der Waals surface area contributed by atoms with Gasteiger partial charge in [-0.25, -0.2) is 13.1 Å². The summed E-state index contributed by atoms with van der Waals surface area (Å²) < 4.78 is 0. The minimum absolute atomic E-state index is 0.0389. The summed E-state index contributed by atoms with van der Waals surface area (Å²) in [6.45, 7) is 15.4. The maximum absolute atomic E-state index is 12.4. The molecule has 72 heavy (non-hydrogen) atoms. The van der Waals surface area contributed by atoms with Crippen molar-refractivity contribution in [1.82, 2.24) is 21.3 Å². The zero-order valence-electron chi connectivity index (χ0n) is 40.2. The first kappa shape index (κ1) is 68.5. The molecule has 0 aliphatic rings. The highest BCUT2D eigenvalue weighted by Gasteiger charge is 2.48. The first-order valence-electron chi connectivity index (χ1n) is 20.7. The second-order valence-corrected chi connectivity index (χ2v) is 16.2. The van der Waals surface area contributed by atoms with Gasteiger partial charge in [0.1, 0.15) is 23.2 Å². The molecule has 0 saturated heterocycles. The predicted octanol–water partition coefficient (Wildman–Crippen LogP) is -3.67. The zero-order chi connectivity index (χ0) is 56.7. The molecular formula is C40H60N16O16. The van der Waals surface area contributed by atoms with Gasteiger partial charge < -0.3 is 72.3 Å². The lowest BCUT2D eigenvalue weighted by Gasteiger charge is -2.31. The maximum atomic E-state index is 12.4. The molecule has 0 aliphatic carbocycles. The summed E-state index contributed by atoms with van der Waals surface area (Å²) in [4.78, 5) is 75.5. The van der Waals surface area contributed by atoms with Crippen LogP contribution in [0.2, 0.25) is 0 Å². The van der Waals surface area contributed by atoms with Crippen LogP contribution in [0.5, 0.6) is 0 Å². The monoisotopic (exact) mass is 1020 g/mol. The van der Waals surface area contributed by atoms with Crippen molar-refractivity contribution >= 4 is 35.6 Å². The smallest absolute Gasteiger partial charge is 0.415 e. The van der Waals surface area contributed by atoms with E-state index in [-0.39, 0.29) is 52.0 Å². The summed E-state index contributed by atoms with van der Waals surface area (Å²) in [5.41, 5.74) is -14.9. The zero-order valence-corrected chi connectivity index (χ0v) is 40.2. The van der Waals surface area contributed by atoms with Crippen LogP contribution in [0.3, 0.4) is 0 Å². The van der Waals surface area contributed by atoms with E-state index in [0.717, 1.165) is 13.8 Å². The Bertz CT molecular complexity index is 2050. The fraction of sp³-hybridized carbons (Fsp3) is 0.700. The number of amides is 4. The third-order valence-electron chi connectivity index (χ3n) is 9.50. The van der Waals surface area contributed by atoms with Gasteiger partial charge in [-0.15, -0.1) is 0 Å². The number of hydrogen-bond acceptors (Lipinski definition) is 24. The number of nitrogens with zero attached hydrogens (tertiary/aromatic N) is 12. The van der Waals surface area contributed by atoms with Gasteiger partial charge in [-0.05, 0) is 40.5 Å². The van der Waals surface area contributed by atoms with Crippen LogP contribution in [0.1, 0.15) is 67.2 Å². The van der Waals surface area contributed by atoms with Crippen LogP contribution in [-0.2, 0) is 28.8 Å². The van der Waals surface area contributed by atoms with Crippen molar-refractivity contribution in [1.29, 1.82) is 21.0 Å². The minimum atomic E-state index is -2.34. The number of rotatable bonds is 28. The number of aliphatic hydroxyl groups is 8. The Kier molecular flexibility index (Phi) is 29.9. The van der Waals surface area contributed by atoms with Crippen LogP contribution in [0.25, 0.3) is 9.69 Å². The molecule has 32 nitrogen and oxygen atoms in total. The quantitative estimate of drug-likeness (QED) is 0.0265. The third kappa shape index (κ3) is 21.9. The molecule has 6 unspecified atom stereocenters. The van der Waals surface area contributed by atoms with Gasteiger partial charge in [0.05, 0.1) is 65.0 Å². The number of carboxylic acids is 2. The number of azo groups is 3. The molecule has 6 atom stereocenters. The molecule has 0 aromatic heterocycles. The number of aliphatic carboxylic acids is 2. The van der Waals surface area contributed by atoms with Crippen molar-refractivity contribution in [3.8, 4) is 24.3 Å². The van der Waals surface area contributed by atoms with E-state index in [9.17, 15) is 64.7 Å². The molecule has 0 fully saturated rings. The minimum Gasteiger partial charge on any atom is -0.481 e. The average Bonchev–Trinajstić information content (AvgIpc) is 3.39. The van der Waals surface area contributed by atoms with Gasteiger partial charge in [-0.2, -0.15) is 41.5 Å². The number of nitrogens with one attached hydrogen (secondary N) is 4. The van der Waals surface area contributed by atoms with E-state index in [1.165, 1.54) is 33.8 Å². The average molecular weight is 1020 g/mol. The Morgan fingerprint density at radius 1 is 0.472 bits per heavy atom.